The van der Waals surface area contributed by atoms with Gasteiger partial charge in [-0.25, -0.2) is 5.43 Å². The molecule has 0 saturated carbocycles. The number of ether oxygens (including phenoxy) is 2. The normalized spacial score (nSPS) is 17.7. The second-order valence-corrected chi connectivity index (χ2v) is 7.65. The Morgan fingerprint density at radius 2 is 1.40 bits per heavy atom. The van der Waals surface area contributed by atoms with Crippen LogP contribution >= 0.6 is 0 Å². The van der Waals surface area contributed by atoms with Gasteiger partial charge in [0, 0.05) is 26.2 Å². The van der Waals surface area contributed by atoms with Gasteiger partial charge in [0.05, 0.1) is 32.6 Å². The van der Waals surface area contributed by atoms with E-state index >= 15 is 0 Å². The zero-order chi connectivity index (χ0) is 20.8. The summed E-state index contributed by atoms with van der Waals surface area (Å²) in [6.45, 7) is 10.1. The molecule has 0 aliphatic carbocycles. The van der Waals surface area contributed by atoms with Crippen LogP contribution in [0.4, 0.5) is 17.8 Å². The summed E-state index contributed by atoms with van der Waals surface area (Å²) in [6, 6.07) is 8.38. The number of benzene rings is 1. The summed E-state index contributed by atoms with van der Waals surface area (Å²) in [5, 5.41) is 4.34. The minimum atomic E-state index is 0.433. The molecule has 0 atom stereocenters. The Morgan fingerprint density at radius 3 is 1.90 bits per heavy atom. The lowest BCUT2D eigenvalue weighted by molar-refractivity contribution is 0.121. The molecule has 0 spiro atoms. The highest BCUT2D eigenvalue weighted by Crippen LogP contribution is 2.19. The molecule has 0 amide bonds. The molecule has 0 unspecified atom stereocenters. The molecule has 0 bridgehead atoms. The quantitative estimate of drug-likeness (QED) is 0.571. The molecule has 160 valence electrons. The van der Waals surface area contributed by atoms with Gasteiger partial charge in [-0.1, -0.05) is 38.1 Å². The van der Waals surface area contributed by atoms with Crippen molar-refractivity contribution in [1.29, 1.82) is 0 Å². The van der Waals surface area contributed by atoms with Gasteiger partial charge in [0.1, 0.15) is 0 Å². The molecule has 30 heavy (non-hydrogen) atoms. The van der Waals surface area contributed by atoms with Crippen LogP contribution in [0.15, 0.2) is 29.4 Å². The second-order valence-electron chi connectivity index (χ2n) is 7.65. The molecule has 2 aromatic rings. The first-order valence-electron chi connectivity index (χ1n) is 10.5. The molecule has 1 N–H and O–H groups in total. The molecular formula is C21H29N7O2. The van der Waals surface area contributed by atoms with Crippen molar-refractivity contribution >= 4 is 24.1 Å². The summed E-state index contributed by atoms with van der Waals surface area (Å²) in [5.74, 6) is 2.24. The molecule has 3 heterocycles. The maximum Gasteiger partial charge on any atom is 0.250 e. The van der Waals surface area contributed by atoms with Crippen molar-refractivity contribution < 1.29 is 9.47 Å². The third-order valence-electron chi connectivity index (χ3n) is 5.18. The van der Waals surface area contributed by atoms with Gasteiger partial charge in [0.2, 0.25) is 17.8 Å². The summed E-state index contributed by atoms with van der Waals surface area (Å²) >= 11 is 0. The zero-order valence-corrected chi connectivity index (χ0v) is 17.6. The fourth-order valence-electron chi connectivity index (χ4n) is 3.34. The Bertz CT molecular complexity index is 809. The second kappa shape index (κ2) is 9.82. The Morgan fingerprint density at radius 1 is 0.867 bits per heavy atom. The van der Waals surface area contributed by atoms with Gasteiger partial charge < -0.3 is 19.3 Å². The topological polar surface area (TPSA) is 88.0 Å². The van der Waals surface area contributed by atoms with Crippen molar-refractivity contribution in [2.45, 2.75) is 19.8 Å². The number of nitrogens with zero attached hydrogens (tertiary/aromatic N) is 6. The highest BCUT2D eigenvalue weighted by molar-refractivity contribution is 5.80. The largest absolute Gasteiger partial charge is 0.378 e. The van der Waals surface area contributed by atoms with Crippen molar-refractivity contribution in [3.63, 3.8) is 0 Å². The van der Waals surface area contributed by atoms with E-state index in [2.05, 4.69) is 68.4 Å². The van der Waals surface area contributed by atoms with Gasteiger partial charge in [0.25, 0.3) is 0 Å². The van der Waals surface area contributed by atoms with Gasteiger partial charge in [-0.05, 0) is 17.0 Å². The molecule has 4 rings (SSSR count). The lowest BCUT2D eigenvalue weighted by atomic mass is 10.0. The van der Waals surface area contributed by atoms with E-state index in [9.17, 15) is 0 Å². The maximum absolute atomic E-state index is 5.46. The first kappa shape index (κ1) is 20.5. The molecule has 2 fully saturated rings. The van der Waals surface area contributed by atoms with Crippen LogP contribution < -0.4 is 15.2 Å². The van der Waals surface area contributed by atoms with Gasteiger partial charge in [-0.2, -0.15) is 20.1 Å². The fourth-order valence-corrected chi connectivity index (χ4v) is 3.34. The SMILES string of the molecule is CC(C)c1ccc(/C=N/Nc2nc(N3CCOCC3)nc(N3CCOCC3)n2)cc1. The lowest BCUT2D eigenvalue weighted by Gasteiger charge is -2.30. The van der Waals surface area contributed by atoms with Crippen LogP contribution in [-0.2, 0) is 9.47 Å². The predicted molar refractivity (Wildman–Crippen MR) is 118 cm³/mol. The minimum Gasteiger partial charge on any atom is -0.378 e. The molecule has 0 radical (unpaired) electrons. The summed E-state index contributed by atoms with van der Waals surface area (Å²) in [5.41, 5.74) is 5.31. The van der Waals surface area contributed by atoms with E-state index in [-0.39, 0.29) is 0 Å². The smallest absolute Gasteiger partial charge is 0.250 e. The molecule has 2 aliphatic heterocycles. The molecule has 1 aromatic carbocycles. The van der Waals surface area contributed by atoms with E-state index in [1.165, 1.54) is 5.56 Å². The van der Waals surface area contributed by atoms with Crippen molar-refractivity contribution in [2.24, 2.45) is 5.10 Å². The van der Waals surface area contributed by atoms with E-state index in [0.717, 1.165) is 31.7 Å². The van der Waals surface area contributed by atoms with Crippen LogP contribution in [0, 0.1) is 0 Å². The minimum absolute atomic E-state index is 0.433. The Hall–Kier alpha value is -2.78. The number of morpholine rings is 2. The first-order chi connectivity index (χ1) is 14.7. The predicted octanol–water partition coefficient (Wildman–Crippen LogP) is 2.11. The maximum atomic E-state index is 5.46. The van der Waals surface area contributed by atoms with E-state index in [1.807, 2.05) is 0 Å². The van der Waals surface area contributed by atoms with E-state index in [4.69, 9.17) is 14.5 Å². The number of rotatable bonds is 6. The van der Waals surface area contributed by atoms with Gasteiger partial charge in [0.15, 0.2) is 0 Å². The number of hydrogen-bond acceptors (Lipinski definition) is 9. The van der Waals surface area contributed by atoms with Crippen LogP contribution in [-0.4, -0.2) is 73.8 Å². The van der Waals surface area contributed by atoms with Crippen LogP contribution in [0.25, 0.3) is 0 Å². The summed E-state index contributed by atoms with van der Waals surface area (Å²) < 4.78 is 10.9. The average molecular weight is 412 g/mol. The van der Waals surface area contributed by atoms with Gasteiger partial charge in [-0.15, -0.1) is 0 Å². The molecule has 2 saturated heterocycles. The first-order valence-corrected chi connectivity index (χ1v) is 10.5. The van der Waals surface area contributed by atoms with E-state index < -0.39 is 0 Å². The van der Waals surface area contributed by atoms with Gasteiger partial charge in [-0.3, -0.25) is 0 Å². The molecule has 2 aliphatic rings. The average Bonchev–Trinajstić information content (AvgIpc) is 2.80. The molecule has 1 aromatic heterocycles. The number of hydrogen-bond donors (Lipinski definition) is 1. The summed E-state index contributed by atoms with van der Waals surface area (Å²) in [6.07, 6.45) is 1.77. The van der Waals surface area contributed by atoms with Gasteiger partial charge >= 0.3 is 0 Å². The van der Waals surface area contributed by atoms with Crippen molar-refractivity contribution in [1.82, 2.24) is 15.0 Å². The van der Waals surface area contributed by atoms with E-state index in [0.29, 0.717) is 50.2 Å². The van der Waals surface area contributed by atoms with Crippen molar-refractivity contribution in [2.75, 3.05) is 67.8 Å². The van der Waals surface area contributed by atoms with Crippen LogP contribution in [0.1, 0.15) is 30.9 Å². The monoisotopic (exact) mass is 411 g/mol. The zero-order valence-electron chi connectivity index (χ0n) is 17.6. The Balaban J connectivity index is 1.51. The van der Waals surface area contributed by atoms with Crippen molar-refractivity contribution in [3.8, 4) is 0 Å². The summed E-state index contributed by atoms with van der Waals surface area (Å²) in [7, 11) is 0. The summed E-state index contributed by atoms with van der Waals surface area (Å²) in [4.78, 5) is 18.1. The highest BCUT2D eigenvalue weighted by Gasteiger charge is 2.20. The number of hydrazone groups is 1. The van der Waals surface area contributed by atoms with Crippen LogP contribution in [0.5, 0.6) is 0 Å². The standard InChI is InChI=1S/C21H29N7O2/c1-16(2)18-5-3-17(4-6-18)15-22-26-19-23-20(27-7-11-29-12-8-27)25-21(24-19)28-9-13-30-14-10-28/h3-6,15-16H,7-14H2,1-2H3,(H,23,24,25,26)/b22-15+. The third-order valence-corrected chi connectivity index (χ3v) is 5.18. The Labute approximate surface area is 177 Å². The Kier molecular flexibility index (Phi) is 6.70. The lowest BCUT2D eigenvalue weighted by Crippen LogP contribution is -2.40. The van der Waals surface area contributed by atoms with Crippen LogP contribution in [0.2, 0.25) is 0 Å². The number of anilines is 3. The number of nitrogens with one attached hydrogen (secondary N) is 1. The third kappa shape index (κ3) is 5.22. The van der Waals surface area contributed by atoms with E-state index in [1.54, 1.807) is 6.21 Å². The molecule has 9 heteroatoms. The van der Waals surface area contributed by atoms with Crippen LogP contribution in [0.3, 0.4) is 0 Å². The number of aromatic nitrogens is 3. The van der Waals surface area contributed by atoms with Crippen molar-refractivity contribution in [3.05, 3.63) is 35.4 Å². The molecule has 9 nitrogen and oxygen atoms in total. The molecular weight excluding hydrogens is 382 g/mol. The fraction of sp³-hybridized carbons (Fsp3) is 0.524. The highest BCUT2D eigenvalue weighted by atomic mass is 16.5.